The number of benzene rings is 3. The van der Waals surface area contributed by atoms with Crippen LogP contribution in [0.2, 0.25) is 0 Å². The highest BCUT2D eigenvalue weighted by atomic mass is 16.5. The molecule has 2 N–H and O–H groups in total. The van der Waals surface area contributed by atoms with Gasteiger partial charge in [-0.15, -0.1) is 0 Å². The van der Waals surface area contributed by atoms with E-state index in [9.17, 15) is 4.79 Å². The molecular weight excluding hydrogens is 396 g/mol. The van der Waals surface area contributed by atoms with Gasteiger partial charge in [0.25, 0.3) is 0 Å². The van der Waals surface area contributed by atoms with Crippen LogP contribution in [-0.4, -0.2) is 25.7 Å². The second-order valence-electron chi connectivity index (χ2n) is 8.39. The van der Waals surface area contributed by atoms with Crippen LogP contribution in [0.5, 0.6) is 0 Å². The molecular formula is C28H34N2O2. The molecule has 0 aromatic heterocycles. The van der Waals surface area contributed by atoms with Crippen LogP contribution in [0.1, 0.15) is 49.5 Å². The molecule has 0 atom stereocenters. The van der Waals surface area contributed by atoms with Gasteiger partial charge >= 0.3 is 5.97 Å². The van der Waals surface area contributed by atoms with Gasteiger partial charge in [-0.25, -0.2) is 4.79 Å². The van der Waals surface area contributed by atoms with E-state index in [1.54, 1.807) is 0 Å². The molecule has 0 unspecified atom stereocenters. The van der Waals surface area contributed by atoms with Crippen molar-refractivity contribution in [3.05, 3.63) is 71.8 Å². The number of nitrogens with one attached hydrogen (secondary N) is 2. The van der Waals surface area contributed by atoms with E-state index in [1.807, 2.05) is 13.0 Å². The maximum Gasteiger partial charge on any atom is 0.338 e. The van der Waals surface area contributed by atoms with E-state index in [4.69, 9.17) is 4.74 Å². The van der Waals surface area contributed by atoms with Crippen LogP contribution in [0.15, 0.2) is 60.7 Å². The number of hydrogen-bond acceptors (Lipinski definition) is 4. The molecule has 0 aliphatic rings. The van der Waals surface area contributed by atoms with Crippen molar-refractivity contribution in [2.24, 2.45) is 0 Å². The average molecular weight is 431 g/mol. The molecule has 0 aliphatic carbocycles. The normalized spacial score (nSPS) is 10.8. The molecule has 0 spiro atoms. The second kappa shape index (κ2) is 10.9. The molecule has 4 heteroatoms. The highest BCUT2D eigenvalue weighted by Crippen LogP contribution is 2.34. The summed E-state index contributed by atoms with van der Waals surface area (Å²) in [5.41, 5.74) is 7.69. The number of ether oxygens (including phenoxy) is 1. The first-order chi connectivity index (χ1) is 15.4. The minimum absolute atomic E-state index is 0.317. The molecule has 0 amide bonds. The van der Waals surface area contributed by atoms with Gasteiger partial charge in [0.15, 0.2) is 0 Å². The second-order valence-corrected chi connectivity index (χ2v) is 8.39. The Balaban J connectivity index is 1.97. The zero-order valence-electron chi connectivity index (χ0n) is 19.8. The van der Waals surface area contributed by atoms with Crippen LogP contribution in [-0.2, 0) is 4.74 Å². The van der Waals surface area contributed by atoms with Gasteiger partial charge in [-0.2, -0.15) is 0 Å². The fourth-order valence-corrected chi connectivity index (χ4v) is 3.89. The number of hydrogen-bond donors (Lipinski definition) is 2. The van der Waals surface area contributed by atoms with Gasteiger partial charge in [0, 0.05) is 24.0 Å². The van der Waals surface area contributed by atoms with E-state index < -0.39 is 0 Å². The lowest BCUT2D eigenvalue weighted by Gasteiger charge is -2.17. The summed E-state index contributed by atoms with van der Waals surface area (Å²) < 4.78 is 5.16. The molecule has 0 bridgehead atoms. The maximum absolute atomic E-state index is 12.8. The summed E-state index contributed by atoms with van der Waals surface area (Å²) in [6.45, 7) is 9.37. The van der Waals surface area contributed by atoms with Crippen LogP contribution in [0, 0.1) is 6.92 Å². The summed E-state index contributed by atoms with van der Waals surface area (Å²) in [4.78, 5) is 12.8. The highest BCUT2D eigenvalue weighted by Gasteiger charge is 2.19. The molecule has 168 valence electrons. The van der Waals surface area contributed by atoms with Gasteiger partial charge in [-0.05, 0) is 79.3 Å². The van der Waals surface area contributed by atoms with Crippen molar-refractivity contribution in [1.29, 1.82) is 0 Å². The Labute approximate surface area is 192 Å². The van der Waals surface area contributed by atoms with Gasteiger partial charge in [-0.1, -0.05) is 49.7 Å². The first kappa shape index (κ1) is 23.4. The largest absolute Gasteiger partial charge is 0.465 e. The quantitative estimate of drug-likeness (QED) is 0.280. The number of anilines is 2. The van der Waals surface area contributed by atoms with Gasteiger partial charge in [0.05, 0.1) is 12.7 Å². The predicted octanol–water partition coefficient (Wildman–Crippen LogP) is 7.15. The number of rotatable bonds is 9. The van der Waals surface area contributed by atoms with Crippen molar-refractivity contribution in [2.75, 3.05) is 24.3 Å². The maximum atomic E-state index is 12.8. The molecule has 3 rings (SSSR count). The third kappa shape index (κ3) is 5.50. The molecule has 4 nitrogen and oxygen atoms in total. The fourth-order valence-electron chi connectivity index (χ4n) is 3.89. The Morgan fingerprint density at radius 2 is 1.44 bits per heavy atom. The van der Waals surface area contributed by atoms with Crippen molar-refractivity contribution >= 4 is 17.3 Å². The van der Waals surface area contributed by atoms with E-state index in [-0.39, 0.29) is 5.97 Å². The van der Waals surface area contributed by atoms with E-state index >= 15 is 0 Å². The predicted molar refractivity (Wildman–Crippen MR) is 136 cm³/mol. The summed E-state index contributed by atoms with van der Waals surface area (Å²) >= 11 is 0. The third-order valence-corrected chi connectivity index (χ3v) is 5.56. The Morgan fingerprint density at radius 1 is 0.875 bits per heavy atom. The fraction of sp³-hybridized carbons (Fsp3) is 0.321. The molecule has 0 saturated heterocycles. The Kier molecular flexibility index (Phi) is 7.93. The van der Waals surface area contributed by atoms with Crippen molar-refractivity contribution in [3.8, 4) is 22.3 Å². The topological polar surface area (TPSA) is 50.4 Å². The lowest BCUT2D eigenvalue weighted by molar-refractivity contribution is 0.0601. The Morgan fingerprint density at radius 3 is 2.00 bits per heavy atom. The summed E-state index contributed by atoms with van der Waals surface area (Å²) in [7, 11) is 1.44. The first-order valence-electron chi connectivity index (χ1n) is 11.4. The van der Waals surface area contributed by atoms with Crippen molar-refractivity contribution < 1.29 is 9.53 Å². The molecule has 0 radical (unpaired) electrons. The van der Waals surface area contributed by atoms with E-state index in [2.05, 4.69) is 86.0 Å². The Hall–Kier alpha value is -3.27. The van der Waals surface area contributed by atoms with Crippen LogP contribution in [0.4, 0.5) is 11.4 Å². The van der Waals surface area contributed by atoms with Gasteiger partial charge in [0.1, 0.15) is 0 Å². The molecule has 0 aliphatic heterocycles. The minimum Gasteiger partial charge on any atom is -0.465 e. The van der Waals surface area contributed by atoms with Crippen LogP contribution >= 0.6 is 0 Å². The van der Waals surface area contributed by atoms with Crippen LogP contribution in [0.25, 0.3) is 22.3 Å². The minimum atomic E-state index is -0.317. The molecule has 0 saturated carbocycles. The lowest BCUT2D eigenvalue weighted by atomic mass is 9.89. The van der Waals surface area contributed by atoms with Crippen molar-refractivity contribution in [1.82, 2.24) is 0 Å². The van der Waals surface area contributed by atoms with Crippen LogP contribution in [0.3, 0.4) is 0 Å². The summed E-state index contributed by atoms with van der Waals surface area (Å²) in [6, 6.07) is 21.1. The molecule has 0 heterocycles. The SMILES string of the molecule is CCCCNc1ccc(-c2ccc(-c3ccc(NC(C)C)cc3)c(C)c2C(=O)OC)cc1. The van der Waals surface area contributed by atoms with Crippen molar-refractivity contribution in [2.45, 2.75) is 46.6 Å². The summed E-state index contributed by atoms with van der Waals surface area (Å²) in [5, 5.41) is 6.84. The molecule has 3 aromatic carbocycles. The van der Waals surface area contributed by atoms with E-state index in [1.165, 1.54) is 7.11 Å². The number of methoxy groups -OCH3 is 1. The number of esters is 1. The van der Waals surface area contributed by atoms with Gasteiger partial charge in [0.2, 0.25) is 0 Å². The number of carbonyl (C=O) groups excluding carboxylic acids is 1. The van der Waals surface area contributed by atoms with E-state index in [0.29, 0.717) is 11.6 Å². The van der Waals surface area contributed by atoms with Gasteiger partial charge < -0.3 is 15.4 Å². The first-order valence-corrected chi connectivity index (χ1v) is 11.4. The van der Waals surface area contributed by atoms with Gasteiger partial charge in [-0.3, -0.25) is 0 Å². The monoisotopic (exact) mass is 430 g/mol. The Bertz CT molecular complexity index is 1040. The smallest absolute Gasteiger partial charge is 0.338 e. The molecule has 32 heavy (non-hydrogen) atoms. The zero-order valence-corrected chi connectivity index (χ0v) is 19.8. The third-order valence-electron chi connectivity index (χ3n) is 5.56. The zero-order chi connectivity index (χ0) is 23.1. The molecule has 0 fully saturated rings. The van der Waals surface area contributed by atoms with E-state index in [0.717, 1.165) is 58.6 Å². The number of carbonyl (C=O) groups is 1. The standard InChI is InChI=1S/C28H34N2O2/c1-6-7-18-29-23-12-8-22(9-13-23)26-17-16-25(20(4)27(26)28(31)32-5)21-10-14-24(15-11-21)30-19(2)3/h8-17,19,29-30H,6-7,18H2,1-5H3. The summed E-state index contributed by atoms with van der Waals surface area (Å²) in [6.07, 6.45) is 2.31. The molecule has 3 aromatic rings. The summed E-state index contributed by atoms with van der Waals surface area (Å²) in [5.74, 6) is -0.317. The number of unbranched alkanes of at least 4 members (excludes halogenated alkanes) is 1. The lowest BCUT2D eigenvalue weighted by Crippen LogP contribution is -2.09. The average Bonchev–Trinajstić information content (AvgIpc) is 2.79. The van der Waals surface area contributed by atoms with Crippen LogP contribution < -0.4 is 10.6 Å². The highest BCUT2D eigenvalue weighted by molar-refractivity contribution is 6.01. The van der Waals surface area contributed by atoms with Crippen molar-refractivity contribution in [3.63, 3.8) is 0 Å².